The molecule has 6 nitrogen and oxygen atoms in total. The highest BCUT2D eigenvalue weighted by Gasteiger charge is 2.20. The third kappa shape index (κ3) is 5.52. The van der Waals surface area contributed by atoms with E-state index in [1.54, 1.807) is 11.3 Å². The Morgan fingerprint density at radius 1 is 0.946 bits per heavy atom. The second kappa shape index (κ2) is 10.6. The second-order valence-electron chi connectivity index (χ2n) is 10.4. The fraction of sp³-hybridized carbons (Fsp3) is 0.400. The lowest BCUT2D eigenvalue weighted by Crippen LogP contribution is -2.12. The van der Waals surface area contributed by atoms with Gasteiger partial charge < -0.3 is 19.2 Å². The summed E-state index contributed by atoms with van der Waals surface area (Å²) >= 11 is 1.65. The molecule has 0 radical (unpaired) electrons. The minimum atomic E-state index is -0.0645. The Labute approximate surface area is 221 Å². The monoisotopic (exact) mass is 518 g/mol. The molecule has 0 aliphatic heterocycles. The number of nitrogens with one attached hydrogen (secondary N) is 1. The molecule has 7 heteroatoms. The van der Waals surface area contributed by atoms with Gasteiger partial charge in [-0.3, -0.25) is 4.79 Å². The zero-order valence-corrected chi connectivity index (χ0v) is 22.8. The number of hydrogen-bond donors (Lipinski definition) is 1. The lowest BCUT2D eigenvalue weighted by molar-refractivity contribution is 0.208. The number of hydrogen-bond acceptors (Lipinski definition) is 6. The Balaban J connectivity index is 1.29. The molecular weight excluding hydrogens is 484 g/mol. The summed E-state index contributed by atoms with van der Waals surface area (Å²) < 4.78 is 17.7. The van der Waals surface area contributed by atoms with Gasteiger partial charge in [0.15, 0.2) is 11.5 Å². The van der Waals surface area contributed by atoms with E-state index in [-0.39, 0.29) is 11.0 Å². The molecule has 0 spiro atoms. The number of fused-ring (bicyclic) bond motifs is 3. The fourth-order valence-electron chi connectivity index (χ4n) is 4.71. The Bertz CT molecular complexity index is 1450. The van der Waals surface area contributed by atoms with Gasteiger partial charge in [-0.1, -0.05) is 32.9 Å². The summed E-state index contributed by atoms with van der Waals surface area (Å²) in [6.45, 7) is 9.80. The standard InChI is InChI=1S/C30H34N2O4S/c1-5-34-24-18-19(27-31-28(33)26-22-8-6-7-9-25(22)37-29(26)32-27)10-15-23(24)36-17-16-35-21-13-11-20(12-14-21)30(2,3)4/h10-15,18H,5-9,16-17H2,1-4H3,(H,31,32,33). The molecule has 1 aliphatic rings. The SMILES string of the molecule is CCOc1cc(-c2nc3sc4c(c3c(=O)[nH]2)CCCC4)ccc1OCCOc1ccc(C(C)(C)C)cc1. The summed E-state index contributed by atoms with van der Waals surface area (Å²) in [5.74, 6) is 2.61. The number of H-pyrrole nitrogens is 1. The van der Waals surface area contributed by atoms with Crippen LogP contribution in [0.1, 0.15) is 56.5 Å². The van der Waals surface area contributed by atoms with Crippen LogP contribution in [0.2, 0.25) is 0 Å². The van der Waals surface area contributed by atoms with Crippen LogP contribution in [0.15, 0.2) is 47.3 Å². The third-order valence-corrected chi connectivity index (χ3v) is 7.86. The Kier molecular flexibility index (Phi) is 7.24. The molecule has 1 aliphatic carbocycles. The van der Waals surface area contributed by atoms with Gasteiger partial charge in [-0.05, 0) is 79.5 Å². The van der Waals surface area contributed by atoms with Gasteiger partial charge in [-0.15, -0.1) is 11.3 Å². The maximum absolute atomic E-state index is 13.0. The van der Waals surface area contributed by atoms with E-state index in [0.717, 1.165) is 40.8 Å². The summed E-state index contributed by atoms with van der Waals surface area (Å²) in [6.07, 6.45) is 4.31. The average Bonchev–Trinajstić information content (AvgIpc) is 3.26. The number of rotatable bonds is 8. The van der Waals surface area contributed by atoms with Crippen molar-refractivity contribution in [2.45, 2.75) is 58.8 Å². The maximum atomic E-state index is 13.0. The highest BCUT2D eigenvalue weighted by Crippen LogP contribution is 2.36. The molecule has 0 bridgehead atoms. The van der Waals surface area contributed by atoms with Crippen LogP contribution in [0.25, 0.3) is 21.6 Å². The van der Waals surface area contributed by atoms with Crippen molar-refractivity contribution in [3.8, 4) is 28.6 Å². The number of aryl methyl sites for hydroxylation is 2. The molecule has 1 N–H and O–H groups in total. The number of benzene rings is 2. The number of ether oxygens (including phenoxy) is 3. The van der Waals surface area contributed by atoms with Gasteiger partial charge in [-0.25, -0.2) is 4.98 Å². The molecular formula is C30H34N2O4S. The number of nitrogens with zero attached hydrogens (tertiary/aromatic N) is 1. The first-order chi connectivity index (χ1) is 17.8. The van der Waals surface area contributed by atoms with Crippen LogP contribution >= 0.6 is 11.3 Å². The first-order valence-electron chi connectivity index (χ1n) is 13.0. The van der Waals surface area contributed by atoms with Crippen molar-refractivity contribution in [1.29, 1.82) is 0 Å². The lowest BCUT2D eigenvalue weighted by atomic mass is 9.87. The number of aromatic nitrogens is 2. The maximum Gasteiger partial charge on any atom is 0.260 e. The molecule has 2 aromatic heterocycles. The Morgan fingerprint density at radius 3 is 2.46 bits per heavy atom. The fourth-order valence-corrected chi connectivity index (χ4v) is 5.97. The first-order valence-corrected chi connectivity index (χ1v) is 13.8. The molecule has 5 rings (SSSR count). The van der Waals surface area contributed by atoms with E-state index in [1.165, 1.54) is 22.4 Å². The average molecular weight is 519 g/mol. The highest BCUT2D eigenvalue weighted by atomic mass is 32.1. The Hall–Kier alpha value is -3.32. The van der Waals surface area contributed by atoms with Gasteiger partial charge in [0.05, 0.1) is 12.0 Å². The van der Waals surface area contributed by atoms with Crippen LogP contribution in [0.3, 0.4) is 0 Å². The zero-order valence-electron chi connectivity index (χ0n) is 22.0. The van der Waals surface area contributed by atoms with Crippen LogP contribution in [0, 0.1) is 0 Å². The van der Waals surface area contributed by atoms with Gasteiger partial charge in [0, 0.05) is 10.4 Å². The van der Waals surface area contributed by atoms with Crippen LogP contribution in [-0.2, 0) is 18.3 Å². The van der Waals surface area contributed by atoms with Crippen LogP contribution in [-0.4, -0.2) is 29.8 Å². The van der Waals surface area contributed by atoms with E-state index in [9.17, 15) is 4.79 Å². The molecule has 2 heterocycles. The summed E-state index contributed by atoms with van der Waals surface area (Å²) in [6, 6.07) is 13.8. The van der Waals surface area contributed by atoms with Gasteiger partial charge >= 0.3 is 0 Å². The van der Waals surface area contributed by atoms with Crippen LogP contribution in [0.5, 0.6) is 17.2 Å². The minimum absolute atomic E-state index is 0.0645. The van der Waals surface area contributed by atoms with E-state index >= 15 is 0 Å². The number of thiophene rings is 1. The van der Waals surface area contributed by atoms with Crippen molar-refractivity contribution in [1.82, 2.24) is 9.97 Å². The summed E-state index contributed by atoms with van der Waals surface area (Å²) in [5.41, 5.74) is 3.30. The van der Waals surface area contributed by atoms with Gasteiger partial charge in [-0.2, -0.15) is 0 Å². The molecule has 37 heavy (non-hydrogen) atoms. The third-order valence-electron chi connectivity index (χ3n) is 6.67. The molecule has 0 saturated heterocycles. The molecule has 0 atom stereocenters. The topological polar surface area (TPSA) is 73.4 Å². The van der Waals surface area contributed by atoms with Crippen molar-refractivity contribution < 1.29 is 14.2 Å². The van der Waals surface area contributed by atoms with E-state index in [0.29, 0.717) is 37.1 Å². The van der Waals surface area contributed by atoms with Crippen molar-refractivity contribution in [3.63, 3.8) is 0 Å². The van der Waals surface area contributed by atoms with Crippen molar-refractivity contribution >= 4 is 21.6 Å². The van der Waals surface area contributed by atoms with Gasteiger partial charge in [0.1, 0.15) is 29.6 Å². The largest absolute Gasteiger partial charge is 0.490 e. The van der Waals surface area contributed by atoms with Crippen molar-refractivity contribution in [3.05, 3.63) is 68.8 Å². The molecule has 0 fully saturated rings. The molecule has 4 aromatic rings. The van der Waals surface area contributed by atoms with Crippen molar-refractivity contribution in [2.75, 3.05) is 19.8 Å². The van der Waals surface area contributed by atoms with E-state index in [2.05, 4.69) is 37.9 Å². The van der Waals surface area contributed by atoms with Gasteiger partial charge in [0.25, 0.3) is 5.56 Å². The highest BCUT2D eigenvalue weighted by molar-refractivity contribution is 7.18. The van der Waals surface area contributed by atoms with Crippen molar-refractivity contribution in [2.24, 2.45) is 0 Å². The predicted molar refractivity (Wildman–Crippen MR) is 150 cm³/mol. The van der Waals surface area contributed by atoms with E-state index < -0.39 is 0 Å². The molecule has 2 aromatic carbocycles. The predicted octanol–water partition coefficient (Wildman–Crippen LogP) is 6.68. The first kappa shape index (κ1) is 25.3. The van der Waals surface area contributed by atoms with Crippen LogP contribution < -0.4 is 19.8 Å². The lowest BCUT2D eigenvalue weighted by Gasteiger charge is -2.19. The second-order valence-corrected chi connectivity index (χ2v) is 11.5. The molecule has 0 saturated carbocycles. The summed E-state index contributed by atoms with van der Waals surface area (Å²) in [4.78, 5) is 22.9. The number of aromatic amines is 1. The summed E-state index contributed by atoms with van der Waals surface area (Å²) in [5, 5.41) is 0.765. The Morgan fingerprint density at radius 2 is 1.70 bits per heavy atom. The van der Waals surface area contributed by atoms with Gasteiger partial charge in [0.2, 0.25) is 0 Å². The normalized spacial score (nSPS) is 13.4. The molecule has 0 amide bonds. The van der Waals surface area contributed by atoms with Crippen LogP contribution in [0.4, 0.5) is 0 Å². The summed E-state index contributed by atoms with van der Waals surface area (Å²) in [7, 11) is 0. The minimum Gasteiger partial charge on any atom is -0.490 e. The zero-order chi connectivity index (χ0) is 26.0. The van der Waals surface area contributed by atoms with E-state index in [1.807, 2.05) is 37.3 Å². The molecule has 0 unspecified atom stereocenters. The smallest absolute Gasteiger partial charge is 0.260 e. The molecule has 194 valence electrons. The quantitative estimate of drug-likeness (QED) is 0.263. The van der Waals surface area contributed by atoms with E-state index in [4.69, 9.17) is 19.2 Å².